The van der Waals surface area contributed by atoms with Gasteiger partial charge in [0.2, 0.25) is 11.8 Å². The zero-order valence-corrected chi connectivity index (χ0v) is 15.7. The van der Waals surface area contributed by atoms with Gasteiger partial charge in [0.05, 0.1) is 28.9 Å². The van der Waals surface area contributed by atoms with E-state index in [1.165, 1.54) is 31.3 Å². The molecular formula is C20H16F3N3O4. The molecule has 3 rings (SSSR count). The number of fused-ring (bicyclic) bond motifs is 1. The number of imide groups is 1. The lowest BCUT2D eigenvalue weighted by atomic mass is 10.1. The molecule has 0 radical (unpaired) electrons. The maximum absolute atomic E-state index is 13.0. The van der Waals surface area contributed by atoms with Gasteiger partial charge in [-0.25, -0.2) is 0 Å². The second kappa shape index (κ2) is 7.97. The Balaban J connectivity index is 1.63. The van der Waals surface area contributed by atoms with Crippen molar-refractivity contribution in [1.29, 1.82) is 0 Å². The monoisotopic (exact) mass is 419 g/mol. The van der Waals surface area contributed by atoms with Gasteiger partial charge in [0.15, 0.2) is 0 Å². The first-order chi connectivity index (χ1) is 14.1. The molecule has 0 spiro atoms. The van der Waals surface area contributed by atoms with Gasteiger partial charge < -0.3 is 10.2 Å². The molecule has 0 aromatic heterocycles. The number of nitrogens with zero attached hydrogens (tertiary/aromatic N) is 2. The molecule has 0 unspecified atom stereocenters. The molecule has 0 bridgehead atoms. The van der Waals surface area contributed by atoms with Crippen LogP contribution in [0.25, 0.3) is 0 Å². The number of alkyl halides is 3. The summed E-state index contributed by atoms with van der Waals surface area (Å²) in [5.41, 5.74) is -1.09. The summed E-state index contributed by atoms with van der Waals surface area (Å²) >= 11 is 0. The molecule has 7 nitrogen and oxygen atoms in total. The summed E-state index contributed by atoms with van der Waals surface area (Å²) in [5, 5.41) is 2.13. The molecule has 4 amide bonds. The van der Waals surface area contributed by atoms with Gasteiger partial charge in [0.1, 0.15) is 6.54 Å². The highest BCUT2D eigenvalue weighted by Crippen LogP contribution is 2.34. The molecular weight excluding hydrogens is 403 g/mol. The Morgan fingerprint density at radius 1 is 0.967 bits per heavy atom. The Labute approximate surface area is 169 Å². The molecule has 0 saturated heterocycles. The van der Waals surface area contributed by atoms with E-state index < -0.39 is 54.1 Å². The lowest BCUT2D eigenvalue weighted by Crippen LogP contribution is -2.43. The maximum atomic E-state index is 13.0. The minimum absolute atomic E-state index is 0.180. The molecule has 0 saturated carbocycles. The number of hydrogen-bond acceptors (Lipinski definition) is 4. The van der Waals surface area contributed by atoms with E-state index in [0.29, 0.717) is 0 Å². The van der Waals surface area contributed by atoms with Crippen LogP contribution in [0.5, 0.6) is 0 Å². The van der Waals surface area contributed by atoms with Crippen LogP contribution in [0.1, 0.15) is 26.3 Å². The summed E-state index contributed by atoms with van der Waals surface area (Å²) < 4.78 is 39.1. The summed E-state index contributed by atoms with van der Waals surface area (Å²) in [7, 11) is 1.25. The van der Waals surface area contributed by atoms with E-state index in [2.05, 4.69) is 5.32 Å². The summed E-state index contributed by atoms with van der Waals surface area (Å²) in [6, 6.07) is 10.6. The second-order valence-corrected chi connectivity index (χ2v) is 6.58. The molecule has 2 aromatic carbocycles. The van der Waals surface area contributed by atoms with Crippen molar-refractivity contribution in [1.82, 2.24) is 9.80 Å². The number of rotatable bonds is 5. The average Bonchev–Trinajstić information content (AvgIpc) is 2.92. The summed E-state index contributed by atoms with van der Waals surface area (Å²) in [6.07, 6.45) is -4.66. The first kappa shape index (κ1) is 21.0. The standard InChI is InChI=1S/C20H16F3N3O4/c1-25(10-16(27)24-15-9-5-4-8-14(15)20(21,22)23)17(28)11-26-18(29)12-6-2-3-7-13(12)19(26)30/h2-9H,10-11H2,1H3,(H,24,27). The van der Waals surface area contributed by atoms with E-state index in [4.69, 9.17) is 0 Å². The third-order valence-electron chi connectivity index (χ3n) is 4.48. The van der Waals surface area contributed by atoms with Crippen LogP contribution in [0.2, 0.25) is 0 Å². The number of nitrogens with one attached hydrogen (secondary N) is 1. The number of carbonyl (C=O) groups excluding carboxylic acids is 4. The Morgan fingerprint density at radius 2 is 1.50 bits per heavy atom. The minimum Gasteiger partial charge on any atom is -0.335 e. The Kier molecular flexibility index (Phi) is 5.59. The van der Waals surface area contributed by atoms with E-state index in [1.54, 1.807) is 12.1 Å². The van der Waals surface area contributed by atoms with Crippen molar-refractivity contribution < 1.29 is 32.3 Å². The van der Waals surface area contributed by atoms with Crippen molar-refractivity contribution in [2.45, 2.75) is 6.18 Å². The van der Waals surface area contributed by atoms with Gasteiger partial charge in [-0.15, -0.1) is 0 Å². The quantitative estimate of drug-likeness (QED) is 0.754. The first-order valence-electron chi connectivity index (χ1n) is 8.75. The average molecular weight is 419 g/mol. The summed E-state index contributed by atoms with van der Waals surface area (Å²) in [5.74, 6) is -2.82. The maximum Gasteiger partial charge on any atom is 0.418 e. The van der Waals surface area contributed by atoms with E-state index in [9.17, 15) is 32.3 Å². The SMILES string of the molecule is CN(CC(=O)Nc1ccccc1C(F)(F)F)C(=O)CN1C(=O)c2ccccc2C1=O. The zero-order chi connectivity index (χ0) is 22.1. The van der Waals surface area contributed by atoms with Gasteiger partial charge in [0.25, 0.3) is 11.8 Å². The van der Waals surface area contributed by atoms with Gasteiger partial charge in [-0.05, 0) is 24.3 Å². The predicted octanol–water partition coefficient (Wildman–Crippen LogP) is 2.40. The Bertz CT molecular complexity index is 1000. The number of anilines is 1. The van der Waals surface area contributed by atoms with Crippen LogP contribution >= 0.6 is 0 Å². The van der Waals surface area contributed by atoms with Crippen LogP contribution in [-0.4, -0.2) is 53.6 Å². The number of benzene rings is 2. The largest absolute Gasteiger partial charge is 0.418 e. The summed E-state index contributed by atoms with van der Waals surface area (Å²) in [4.78, 5) is 50.8. The van der Waals surface area contributed by atoms with E-state index in [-0.39, 0.29) is 11.1 Å². The lowest BCUT2D eigenvalue weighted by Gasteiger charge is -2.21. The normalized spacial score (nSPS) is 13.3. The van der Waals surface area contributed by atoms with Gasteiger partial charge in [-0.2, -0.15) is 13.2 Å². The van der Waals surface area contributed by atoms with Crippen LogP contribution in [0.3, 0.4) is 0 Å². The van der Waals surface area contributed by atoms with Gasteiger partial charge in [0, 0.05) is 7.05 Å². The van der Waals surface area contributed by atoms with Crippen LogP contribution in [0, 0.1) is 0 Å². The van der Waals surface area contributed by atoms with Crippen molar-refractivity contribution >= 4 is 29.3 Å². The highest BCUT2D eigenvalue weighted by Gasteiger charge is 2.37. The van der Waals surface area contributed by atoms with Crippen LogP contribution < -0.4 is 5.32 Å². The molecule has 1 aliphatic rings. The van der Waals surface area contributed by atoms with Crippen LogP contribution in [0.4, 0.5) is 18.9 Å². The van der Waals surface area contributed by atoms with E-state index in [0.717, 1.165) is 21.9 Å². The van der Waals surface area contributed by atoms with Gasteiger partial charge in [-0.1, -0.05) is 24.3 Å². The number of likely N-dealkylation sites (N-methyl/N-ethyl adjacent to an activating group) is 1. The van der Waals surface area contributed by atoms with Crippen molar-refractivity contribution in [2.24, 2.45) is 0 Å². The first-order valence-corrected chi connectivity index (χ1v) is 8.75. The third kappa shape index (κ3) is 4.17. The van der Waals surface area contributed by atoms with Crippen molar-refractivity contribution in [3.05, 3.63) is 65.2 Å². The van der Waals surface area contributed by atoms with Crippen LogP contribution in [-0.2, 0) is 15.8 Å². The van der Waals surface area contributed by atoms with Crippen molar-refractivity contribution in [3.63, 3.8) is 0 Å². The molecule has 0 aliphatic carbocycles. The molecule has 30 heavy (non-hydrogen) atoms. The molecule has 1 N–H and O–H groups in total. The summed E-state index contributed by atoms with van der Waals surface area (Å²) in [6.45, 7) is -1.15. The van der Waals surface area contributed by atoms with E-state index >= 15 is 0 Å². The Morgan fingerprint density at radius 3 is 2.07 bits per heavy atom. The lowest BCUT2D eigenvalue weighted by molar-refractivity contribution is -0.137. The van der Waals surface area contributed by atoms with Crippen LogP contribution in [0.15, 0.2) is 48.5 Å². The molecule has 2 aromatic rings. The topological polar surface area (TPSA) is 86.8 Å². The number of para-hydroxylation sites is 1. The third-order valence-corrected chi connectivity index (χ3v) is 4.48. The molecule has 0 atom stereocenters. The molecule has 10 heteroatoms. The fraction of sp³-hybridized carbons (Fsp3) is 0.200. The zero-order valence-electron chi connectivity index (χ0n) is 15.7. The fourth-order valence-corrected chi connectivity index (χ4v) is 2.97. The number of hydrogen-bond donors (Lipinski definition) is 1. The fourth-order valence-electron chi connectivity index (χ4n) is 2.97. The van der Waals surface area contributed by atoms with Crippen molar-refractivity contribution in [3.8, 4) is 0 Å². The highest BCUT2D eigenvalue weighted by molar-refractivity contribution is 6.22. The second-order valence-electron chi connectivity index (χ2n) is 6.58. The molecule has 1 aliphatic heterocycles. The Hall–Kier alpha value is -3.69. The molecule has 1 heterocycles. The predicted molar refractivity (Wildman–Crippen MR) is 99.5 cm³/mol. The van der Waals surface area contributed by atoms with E-state index in [1.807, 2.05) is 0 Å². The minimum atomic E-state index is -4.66. The van der Waals surface area contributed by atoms with Gasteiger partial charge >= 0.3 is 6.18 Å². The number of halogens is 3. The van der Waals surface area contributed by atoms with Gasteiger partial charge in [-0.3, -0.25) is 24.1 Å². The highest BCUT2D eigenvalue weighted by atomic mass is 19.4. The molecule has 0 fully saturated rings. The molecule has 156 valence electrons. The van der Waals surface area contributed by atoms with Crippen molar-refractivity contribution in [2.75, 3.05) is 25.5 Å². The number of amides is 4. The smallest absolute Gasteiger partial charge is 0.335 e. The number of carbonyl (C=O) groups is 4.